The van der Waals surface area contributed by atoms with E-state index in [9.17, 15) is 5.11 Å². The van der Waals surface area contributed by atoms with Crippen LogP contribution in [0, 0.1) is 0 Å². The van der Waals surface area contributed by atoms with Crippen LogP contribution < -0.4 is 4.74 Å². The first-order chi connectivity index (χ1) is 9.84. The first kappa shape index (κ1) is 13.2. The highest BCUT2D eigenvalue weighted by Gasteiger charge is 2.12. The Kier molecular flexibility index (Phi) is 4.00. The summed E-state index contributed by atoms with van der Waals surface area (Å²) in [5.41, 5.74) is 0.995. The van der Waals surface area contributed by atoms with E-state index in [1.54, 1.807) is 11.3 Å². The van der Waals surface area contributed by atoms with Crippen molar-refractivity contribution in [2.24, 2.45) is 0 Å². The zero-order valence-corrected chi connectivity index (χ0v) is 11.8. The molecule has 0 aliphatic carbocycles. The molecule has 1 atom stereocenters. The molecular weight excluding hydrogens is 268 g/mol. The predicted octanol–water partition coefficient (Wildman–Crippen LogP) is 4.40. The number of hydrogen-bond donors (Lipinski definition) is 1. The van der Waals surface area contributed by atoms with Crippen molar-refractivity contribution in [2.75, 3.05) is 6.61 Å². The smallest absolute Gasteiger partial charge is 0.119 e. The molecule has 1 heterocycles. The SMILES string of the molecule is OC(CCOc1ccccc1)c1cccc2ccsc12. The molecule has 102 valence electrons. The predicted molar refractivity (Wildman–Crippen MR) is 83.3 cm³/mol. The number of ether oxygens (including phenoxy) is 1. The van der Waals surface area contributed by atoms with Crippen LogP contribution in [0.15, 0.2) is 60.0 Å². The van der Waals surface area contributed by atoms with Crippen LogP contribution in [-0.4, -0.2) is 11.7 Å². The minimum Gasteiger partial charge on any atom is -0.493 e. The Labute approximate surface area is 122 Å². The molecule has 0 fully saturated rings. The third-order valence-electron chi connectivity index (χ3n) is 3.27. The van der Waals surface area contributed by atoms with Crippen LogP contribution in [0.3, 0.4) is 0 Å². The van der Waals surface area contributed by atoms with Gasteiger partial charge in [0.25, 0.3) is 0 Å². The van der Waals surface area contributed by atoms with Crippen LogP contribution in [0.25, 0.3) is 10.1 Å². The van der Waals surface area contributed by atoms with Gasteiger partial charge in [-0.05, 0) is 34.5 Å². The van der Waals surface area contributed by atoms with Gasteiger partial charge < -0.3 is 9.84 Å². The number of para-hydroxylation sites is 1. The standard InChI is InChI=1S/C17H16O2S/c18-16(9-11-19-14-6-2-1-3-7-14)15-8-4-5-13-10-12-20-17(13)15/h1-8,10,12,16,18H,9,11H2. The molecule has 1 aromatic heterocycles. The van der Waals surface area contributed by atoms with E-state index in [1.807, 2.05) is 42.5 Å². The summed E-state index contributed by atoms with van der Waals surface area (Å²) in [6, 6.07) is 17.8. The van der Waals surface area contributed by atoms with Crippen LogP contribution >= 0.6 is 11.3 Å². The summed E-state index contributed by atoms with van der Waals surface area (Å²) in [5.74, 6) is 0.842. The summed E-state index contributed by atoms with van der Waals surface area (Å²) in [6.07, 6.45) is 0.104. The van der Waals surface area contributed by atoms with Crippen LogP contribution in [0.1, 0.15) is 18.1 Å². The zero-order chi connectivity index (χ0) is 13.8. The van der Waals surface area contributed by atoms with Crippen LogP contribution in [0.4, 0.5) is 0 Å². The highest BCUT2D eigenvalue weighted by Crippen LogP contribution is 2.30. The molecule has 3 heteroatoms. The van der Waals surface area contributed by atoms with Gasteiger partial charge in [0, 0.05) is 11.1 Å². The van der Waals surface area contributed by atoms with Gasteiger partial charge in [0.15, 0.2) is 0 Å². The van der Waals surface area contributed by atoms with Crippen molar-refractivity contribution in [3.63, 3.8) is 0 Å². The van der Waals surface area contributed by atoms with Crippen molar-refractivity contribution >= 4 is 21.4 Å². The Balaban J connectivity index is 1.64. The highest BCUT2D eigenvalue weighted by atomic mass is 32.1. The number of aliphatic hydroxyl groups excluding tert-OH is 1. The van der Waals surface area contributed by atoms with E-state index in [4.69, 9.17) is 4.74 Å². The van der Waals surface area contributed by atoms with E-state index in [0.717, 1.165) is 11.3 Å². The summed E-state index contributed by atoms with van der Waals surface area (Å²) < 4.78 is 6.80. The van der Waals surface area contributed by atoms with Gasteiger partial charge in [0.05, 0.1) is 12.7 Å². The summed E-state index contributed by atoms with van der Waals surface area (Å²) in [7, 11) is 0. The topological polar surface area (TPSA) is 29.5 Å². The summed E-state index contributed by atoms with van der Waals surface area (Å²) in [4.78, 5) is 0. The van der Waals surface area contributed by atoms with Crippen molar-refractivity contribution in [1.29, 1.82) is 0 Å². The van der Waals surface area contributed by atoms with Crippen molar-refractivity contribution < 1.29 is 9.84 Å². The monoisotopic (exact) mass is 284 g/mol. The number of aliphatic hydroxyl groups is 1. The molecular formula is C17H16O2S. The zero-order valence-electron chi connectivity index (χ0n) is 11.0. The lowest BCUT2D eigenvalue weighted by atomic mass is 10.1. The lowest BCUT2D eigenvalue weighted by Crippen LogP contribution is -2.05. The molecule has 0 saturated heterocycles. The maximum atomic E-state index is 10.3. The number of benzene rings is 2. The van der Waals surface area contributed by atoms with Gasteiger partial charge in [0.2, 0.25) is 0 Å². The quantitative estimate of drug-likeness (QED) is 0.752. The van der Waals surface area contributed by atoms with Gasteiger partial charge in [-0.2, -0.15) is 0 Å². The first-order valence-electron chi connectivity index (χ1n) is 6.66. The molecule has 0 aliphatic heterocycles. The number of rotatable bonds is 5. The van der Waals surface area contributed by atoms with Crippen LogP contribution in [0.5, 0.6) is 5.75 Å². The summed E-state index contributed by atoms with van der Waals surface area (Å²) in [6.45, 7) is 0.507. The minimum absolute atomic E-state index is 0.485. The molecule has 1 N–H and O–H groups in total. The van der Waals surface area contributed by atoms with E-state index in [2.05, 4.69) is 17.5 Å². The second-order valence-electron chi connectivity index (χ2n) is 4.65. The molecule has 3 rings (SSSR count). The molecule has 0 saturated carbocycles. The molecule has 0 spiro atoms. The molecule has 1 unspecified atom stereocenters. The molecule has 0 radical (unpaired) electrons. The van der Waals surface area contributed by atoms with Crippen molar-refractivity contribution in [1.82, 2.24) is 0 Å². The van der Waals surface area contributed by atoms with Gasteiger partial charge in [-0.25, -0.2) is 0 Å². The third-order valence-corrected chi connectivity index (χ3v) is 4.25. The van der Waals surface area contributed by atoms with Gasteiger partial charge >= 0.3 is 0 Å². The van der Waals surface area contributed by atoms with Gasteiger partial charge in [-0.3, -0.25) is 0 Å². The maximum absolute atomic E-state index is 10.3. The third kappa shape index (κ3) is 2.84. The Morgan fingerprint density at radius 2 is 1.85 bits per heavy atom. The van der Waals surface area contributed by atoms with E-state index >= 15 is 0 Å². The normalized spacial score (nSPS) is 12.4. The minimum atomic E-state index is -0.485. The average Bonchev–Trinajstić information content (AvgIpc) is 2.96. The van der Waals surface area contributed by atoms with Gasteiger partial charge in [0.1, 0.15) is 5.75 Å². The molecule has 0 amide bonds. The lowest BCUT2D eigenvalue weighted by Gasteiger charge is -2.13. The fraction of sp³-hybridized carbons (Fsp3) is 0.176. The summed E-state index contributed by atoms with van der Waals surface area (Å²) in [5, 5.41) is 13.6. The molecule has 2 aromatic carbocycles. The second-order valence-corrected chi connectivity index (χ2v) is 5.57. The molecule has 2 nitrogen and oxygen atoms in total. The van der Waals surface area contributed by atoms with Gasteiger partial charge in [-0.1, -0.05) is 36.4 Å². The molecule has 3 aromatic rings. The van der Waals surface area contributed by atoms with E-state index < -0.39 is 6.10 Å². The van der Waals surface area contributed by atoms with Gasteiger partial charge in [-0.15, -0.1) is 11.3 Å². The van der Waals surface area contributed by atoms with Crippen LogP contribution in [0.2, 0.25) is 0 Å². The number of fused-ring (bicyclic) bond motifs is 1. The Morgan fingerprint density at radius 3 is 2.70 bits per heavy atom. The van der Waals surface area contributed by atoms with Crippen molar-refractivity contribution in [3.05, 3.63) is 65.5 Å². The molecule has 20 heavy (non-hydrogen) atoms. The maximum Gasteiger partial charge on any atom is 0.119 e. The Hall–Kier alpha value is -1.84. The Morgan fingerprint density at radius 1 is 1.00 bits per heavy atom. The summed E-state index contributed by atoms with van der Waals surface area (Å²) >= 11 is 1.67. The fourth-order valence-corrected chi connectivity index (χ4v) is 3.20. The molecule has 0 aliphatic rings. The first-order valence-corrected chi connectivity index (χ1v) is 7.54. The van der Waals surface area contributed by atoms with Crippen molar-refractivity contribution in [2.45, 2.75) is 12.5 Å². The van der Waals surface area contributed by atoms with E-state index in [-0.39, 0.29) is 0 Å². The molecule has 0 bridgehead atoms. The second kappa shape index (κ2) is 6.07. The Bertz CT molecular complexity index is 676. The van der Waals surface area contributed by atoms with E-state index in [0.29, 0.717) is 13.0 Å². The average molecular weight is 284 g/mol. The fourth-order valence-electron chi connectivity index (χ4n) is 2.24. The van der Waals surface area contributed by atoms with Crippen molar-refractivity contribution in [3.8, 4) is 5.75 Å². The largest absolute Gasteiger partial charge is 0.493 e. The number of hydrogen-bond acceptors (Lipinski definition) is 3. The number of thiophene rings is 1. The van der Waals surface area contributed by atoms with Crippen LogP contribution in [-0.2, 0) is 0 Å². The highest BCUT2D eigenvalue weighted by molar-refractivity contribution is 7.17. The van der Waals surface area contributed by atoms with E-state index in [1.165, 1.54) is 10.1 Å². The lowest BCUT2D eigenvalue weighted by molar-refractivity contribution is 0.142.